The van der Waals surface area contributed by atoms with E-state index in [0.717, 1.165) is 12.1 Å². The lowest BCUT2D eigenvalue weighted by molar-refractivity contribution is -0.0543. The Bertz CT molecular complexity index is 786. The van der Waals surface area contributed by atoms with Gasteiger partial charge in [-0.25, -0.2) is 5.43 Å². The number of pyridine rings is 1. The van der Waals surface area contributed by atoms with Gasteiger partial charge in [0.25, 0.3) is 5.91 Å². The van der Waals surface area contributed by atoms with Crippen LogP contribution in [-0.2, 0) is 0 Å². The summed E-state index contributed by atoms with van der Waals surface area (Å²) >= 11 is 0. The number of amides is 1. The van der Waals surface area contributed by atoms with Crippen LogP contribution in [0.3, 0.4) is 0 Å². The van der Waals surface area contributed by atoms with Gasteiger partial charge in [0.2, 0.25) is 0 Å². The number of ether oxygens (including phenoxy) is 2. The Morgan fingerprint density at radius 1 is 1.12 bits per heavy atom. The highest BCUT2D eigenvalue weighted by atomic mass is 19.3. The molecule has 0 atom stereocenters. The van der Waals surface area contributed by atoms with Gasteiger partial charge in [0.05, 0.1) is 5.71 Å². The Morgan fingerprint density at radius 3 is 2.46 bits per heavy atom. The summed E-state index contributed by atoms with van der Waals surface area (Å²) in [4.78, 5) is 15.7. The van der Waals surface area contributed by atoms with E-state index in [1.165, 1.54) is 25.3 Å². The van der Waals surface area contributed by atoms with Crippen molar-refractivity contribution in [1.29, 1.82) is 0 Å². The van der Waals surface area contributed by atoms with Crippen LogP contribution in [0.2, 0.25) is 0 Å². The summed E-state index contributed by atoms with van der Waals surface area (Å²) in [5.74, 6) is -1.39. The zero-order valence-corrected chi connectivity index (χ0v) is 13.3. The van der Waals surface area contributed by atoms with Gasteiger partial charge in [-0.05, 0) is 31.2 Å². The van der Waals surface area contributed by atoms with Crippen LogP contribution in [0.5, 0.6) is 11.5 Å². The topological polar surface area (TPSA) is 72.8 Å². The van der Waals surface area contributed by atoms with Crippen LogP contribution in [0.15, 0.2) is 47.7 Å². The van der Waals surface area contributed by atoms with Crippen molar-refractivity contribution in [2.24, 2.45) is 5.10 Å². The first-order chi connectivity index (χ1) is 12.4. The first-order valence-electron chi connectivity index (χ1n) is 7.16. The van der Waals surface area contributed by atoms with Crippen LogP contribution >= 0.6 is 0 Å². The molecular formula is C16H13F4N3O3. The van der Waals surface area contributed by atoms with E-state index in [0.29, 0.717) is 0 Å². The predicted octanol–water partition coefficient (Wildman–Crippen LogP) is 3.44. The molecule has 0 aliphatic carbocycles. The molecule has 1 aromatic carbocycles. The van der Waals surface area contributed by atoms with Gasteiger partial charge in [-0.15, -0.1) is 0 Å². The lowest BCUT2D eigenvalue weighted by Gasteiger charge is -2.13. The molecule has 0 unspecified atom stereocenters. The summed E-state index contributed by atoms with van der Waals surface area (Å²) in [6.45, 7) is -4.89. The third-order valence-electron chi connectivity index (χ3n) is 3.01. The van der Waals surface area contributed by atoms with Crippen LogP contribution in [0.4, 0.5) is 17.6 Å². The van der Waals surface area contributed by atoms with Gasteiger partial charge < -0.3 is 9.47 Å². The standard InChI is InChI=1S/C16H13F4N3O3/c1-9(22-23-14(24)12-4-2-3-7-21-12)11-6-5-10(25-15(17)18)8-13(11)26-16(19)20/h2-8,15-16H,1H3,(H,23,24)/b22-9+. The molecule has 0 bridgehead atoms. The second kappa shape index (κ2) is 8.79. The van der Waals surface area contributed by atoms with E-state index >= 15 is 0 Å². The molecule has 0 radical (unpaired) electrons. The molecule has 6 nitrogen and oxygen atoms in total. The number of carbonyl (C=O) groups excluding carboxylic acids is 1. The first-order valence-corrected chi connectivity index (χ1v) is 7.16. The molecule has 2 rings (SSSR count). The number of hydrogen-bond acceptors (Lipinski definition) is 5. The van der Waals surface area contributed by atoms with E-state index in [9.17, 15) is 22.4 Å². The third kappa shape index (κ3) is 5.43. The Morgan fingerprint density at radius 2 is 1.85 bits per heavy atom. The van der Waals surface area contributed by atoms with Gasteiger partial charge >= 0.3 is 13.2 Å². The highest BCUT2D eigenvalue weighted by Gasteiger charge is 2.15. The fraction of sp³-hybridized carbons (Fsp3) is 0.188. The molecule has 1 amide bonds. The van der Waals surface area contributed by atoms with Crippen LogP contribution in [0.1, 0.15) is 23.0 Å². The smallest absolute Gasteiger partial charge is 0.387 e. The normalized spacial score (nSPS) is 11.6. The number of halogens is 4. The Kier molecular flexibility index (Phi) is 6.48. The van der Waals surface area contributed by atoms with Gasteiger partial charge in [0.1, 0.15) is 17.2 Å². The number of nitrogens with one attached hydrogen (secondary N) is 1. The molecule has 0 spiro atoms. The summed E-state index contributed by atoms with van der Waals surface area (Å²) in [7, 11) is 0. The van der Waals surface area contributed by atoms with E-state index in [1.54, 1.807) is 12.1 Å². The van der Waals surface area contributed by atoms with Crippen LogP contribution in [0.25, 0.3) is 0 Å². The van der Waals surface area contributed by atoms with Gasteiger partial charge in [0, 0.05) is 17.8 Å². The maximum Gasteiger partial charge on any atom is 0.387 e. The molecule has 26 heavy (non-hydrogen) atoms. The molecule has 2 aromatic rings. The van der Waals surface area contributed by atoms with E-state index in [-0.39, 0.29) is 22.7 Å². The van der Waals surface area contributed by atoms with E-state index in [2.05, 4.69) is 25.0 Å². The summed E-state index contributed by atoms with van der Waals surface area (Å²) in [5, 5.41) is 3.79. The molecule has 1 N–H and O–H groups in total. The molecule has 0 aliphatic heterocycles. The highest BCUT2D eigenvalue weighted by Crippen LogP contribution is 2.28. The minimum Gasteiger partial charge on any atom is -0.435 e. The zero-order valence-electron chi connectivity index (χ0n) is 13.3. The summed E-state index contributed by atoms with van der Waals surface area (Å²) < 4.78 is 58.1. The number of nitrogens with zero attached hydrogens (tertiary/aromatic N) is 2. The summed E-state index contributed by atoms with van der Waals surface area (Å²) in [6.07, 6.45) is 1.42. The van der Waals surface area contributed by atoms with E-state index < -0.39 is 24.9 Å². The monoisotopic (exact) mass is 371 g/mol. The van der Waals surface area contributed by atoms with E-state index in [1.807, 2.05) is 0 Å². The van der Waals surface area contributed by atoms with Gasteiger partial charge in [-0.3, -0.25) is 9.78 Å². The minimum atomic E-state index is -3.19. The largest absolute Gasteiger partial charge is 0.435 e. The molecule has 138 valence electrons. The Labute approximate surface area is 145 Å². The van der Waals surface area contributed by atoms with Crippen molar-refractivity contribution >= 4 is 11.6 Å². The van der Waals surface area contributed by atoms with Gasteiger partial charge in [0.15, 0.2) is 0 Å². The second-order valence-corrected chi connectivity index (χ2v) is 4.77. The first kappa shape index (κ1) is 19.2. The highest BCUT2D eigenvalue weighted by molar-refractivity contribution is 6.02. The van der Waals surface area contributed by atoms with Crippen molar-refractivity contribution in [3.8, 4) is 11.5 Å². The maximum atomic E-state index is 12.6. The van der Waals surface area contributed by atoms with E-state index in [4.69, 9.17) is 0 Å². The lowest BCUT2D eigenvalue weighted by Crippen LogP contribution is -2.20. The molecule has 0 fully saturated rings. The Hall–Kier alpha value is -3.17. The molecule has 0 saturated heterocycles. The van der Waals surface area contributed by atoms with Crippen LogP contribution in [0, 0.1) is 0 Å². The lowest BCUT2D eigenvalue weighted by atomic mass is 10.1. The molecule has 0 aliphatic rings. The fourth-order valence-electron chi connectivity index (χ4n) is 1.92. The average Bonchev–Trinajstić information content (AvgIpc) is 2.59. The van der Waals surface area contributed by atoms with Crippen molar-refractivity contribution in [2.75, 3.05) is 0 Å². The molecule has 10 heteroatoms. The number of alkyl halides is 4. The SMILES string of the molecule is C/C(=N\NC(=O)c1ccccn1)c1ccc(OC(F)F)cc1OC(F)F. The van der Waals surface area contributed by atoms with Crippen LogP contribution < -0.4 is 14.9 Å². The van der Waals surface area contributed by atoms with Crippen molar-refractivity contribution in [3.63, 3.8) is 0 Å². The summed E-state index contributed by atoms with van der Waals surface area (Å²) in [6, 6.07) is 7.92. The number of carbonyl (C=O) groups is 1. The number of rotatable bonds is 7. The fourth-order valence-corrected chi connectivity index (χ4v) is 1.92. The zero-order chi connectivity index (χ0) is 19.1. The van der Waals surface area contributed by atoms with Crippen molar-refractivity contribution in [1.82, 2.24) is 10.4 Å². The third-order valence-corrected chi connectivity index (χ3v) is 3.01. The van der Waals surface area contributed by atoms with Crippen molar-refractivity contribution in [3.05, 3.63) is 53.9 Å². The minimum absolute atomic E-state index is 0.0632. The van der Waals surface area contributed by atoms with Crippen molar-refractivity contribution in [2.45, 2.75) is 20.1 Å². The molecule has 1 aromatic heterocycles. The number of hydrazone groups is 1. The molecule has 0 saturated carbocycles. The number of benzene rings is 1. The maximum absolute atomic E-state index is 12.6. The molecular weight excluding hydrogens is 358 g/mol. The number of hydrogen-bond donors (Lipinski definition) is 1. The summed E-state index contributed by atoms with van der Waals surface area (Å²) in [5.41, 5.74) is 2.49. The quantitative estimate of drug-likeness (QED) is 0.460. The van der Waals surface area contributed by atoms with Gasteiger partial charge in [-0.2, -0.15) is 22.7 Å². The molecule has 1 heterocycles. The Balaban J connectivity index is 2.22. The van der Waals surface area contributed by atoms with Crippen molar-refractivity contribution < 1.29 is 31.8 Å². The average molecular weight is 371 g/mol. The number of aromatic nitrogens is 1. The van der Waals surface area contributed by atoms with Crippen LogP contribution in [-0.4, -0.2) is 29.8 Å². The predicted molar refractivity (Wildman–Crippen MR) is 83.6 cm³/mol. The second-order valence-electron chi connectivity index (χ2n) is 4.77. The van der Waals surface area contributed by atoms with Gasteiger partial charge in [-0.1, -0.05) is 6.07 Å².